The molecule has 1 aliphatic heterocycles. The average Bonchev–Trinajstić information content (AvgIpc) is 2.59. The third kappa shape index (κ3) is 5.81. The van der Waals surface area contributed by atoms with Crippen molar-refractivity contribution in [1.29, 1.82) is 0 Å². The molecule has 0 N–H and O–H groups in total. The van der Waals surface area contributed by atoms with Crippen LogP contribution in [0, 0.1) is 11.7 Å². The molecule has 1 atom stereocenters. The Morgan fingerprint density at radius 3 is 2.52 bits per heavy atom. The molecule has 0 bridgehead atoms. The van der Waals surface area contributed by atoms with E-state index in [0.29, 0.717) is 36.4 Å². The molecule has 29 heavy (non-hydrogen) atoms. The zero-order chi connectivity index (χ0) is 21.9. The highest BCUT2D eigenvalue weighted by molar-refractivity contribution is 5.95. The molecule has 1 aromatic carbocycles. The van der Waals surface area contributed by atoms with Crippen LogP contribution in [0.4, 0.5) is 9.18 Å². The number of amides is 1. The average molecular weight is 406 g/mol. The molecule has 0 saturated carbocycles. The summed E-state index contributed by atoms with van der Waals surface area (Å²) in [6.45, 7) is 13.7. The standard InChI is InChI=1S/C23H32FNO4/c1-14(2)10-15(3)20(26)13-19-17-12-21(28-7)18(24)11-16(17)8-9-25(19)22(27)29-23(4,5)6/h11-12,14,19H,3,8-10,13H2,1-2,4-7H3. The van der Waals surface area contributed by atoms with Gasteiger partial charge in [-0.05, 0) is 68.4 Å². The lowest BCUT2D eigenvalue weighted by Gasteiger charge is -2.38. The van der Waals surface area contributed by atoms with Crippen molar-refractivity contribution < 1.29 is 23.5 Å². The van der Waals surface area contributed by atoms with E-state index in [1.54, 1.807) is 31.7 Å². The van der Waals surface area contributed by atoms with Gasteiger partial charge in [-0.3, -0.25) is 4.79 Å². The maximum atomic E-state index is 14.2. The van der Waals surface area contributed by atoms with Crippen molar-refractivity contribution in [1.82, 2.24) is 4.90 Å². The molecule has 0 aliphatic carbocycles. The summed E-state index contributed by atoms with van der Waals surface area (Å²) >= 11 is 0. The summed E-state index contributed by atoms with van der Waals surface area (Å²) in [5, 5.41) is 0. The fourth-order valence-corrected chi connectivity index (χ4v) is 3.54. The topological polar surface area (TPSA) is 55.8 Å². The predicted octanol–water partition coefficient (Wildman–Crippen LogP) is 5.23. The number of methoxy groups -OCH3 is 1. The van der Waals surface area contributed by atoms with Gasteiger partial charge in [0.25, 0.3) is 0 Å². The Hall–Kier alpha value is -2.37. The molecule has 1 unspecified atom stereocenters. The van der Waals surface area contributed by atoms with Gasteiger partial charge in [-0.1, -0.05) is 20.4 Å². The van der Waals surface area contributed by atoms with Crippen LogP contribution in [0.2, 0.25) is 0 Å². The fraction of sp³-hybridized carbons (Fsp3) is 0.565. The van der Waals surface area contributed by atoms with Crippen LogP contribution in [0.15, 0.2) is 24.3 Å². The van der Waals surface area contributed by atoms with Crippen molar-refractivity contribution in [2.45, 2.75) is 65.5 Å². The molecular formula is C23H32FNO4. The van der Waals surface area contributed by atoms with Crippen molar-refractivity contribution >= 4 is 11.9 Å². The van der Waals surface area contributed by atoms with Crippen LogP contribution < -0.4 is 4.74 Å². The number of carbonyl (C=O) groups excluding carboxylic acids is 2. The molecule has 2 rings (SSSR count). The lowest BCUT2D eigenvalue weighted by Crippen LogP contribution is -2.43. The van der Waals surface area contributed by atoms with Crippen molar-refractivity contribution in [3.63, 3.8) is 0 Å². The summed E-state index contributed by atoms with van der Waals surface area (Å²) in [5.74, 6) is -0.158. The second-order valence-corrected chi connectivity index (χ2v) is 8.95. The summed E-state index contributed by atoms with van der Waals surface area (Å²) in [4.78, 5) is 27.3. The quantitative estimate of drug-likeness (QED) is 0.608. The zero-order valence-corrected chi connectivity index (χ0v) is 18.3. The number of ether oxygens (including phenoxy) is 2. The maximum absolute atomic E-state index is 14.2. The van der Waals surface area contributed by atoms with E-state index in [4.69, 9.17) is 9.47 Å². The Bertz CT molecular complexity index is 795. The van der Waals surface area contributed by atoms with Crippen LogP contribution in [0.25, 0.3) is 0 Å². The number of ketones is 1. The minimum absolute atomic E-state index is 0.0760. The molecule has 0 aromatic heterocycles. The monoisotopic (exact) mass is 405 g/mol. The first kappa shape index (κ1) is 22.9. The minimum atomic E-state index is -0.659. The van der Waals surface area contributed by atoms with E-state index >= 15 is 0 Å². The minimum Gasteiger partial charge on any atom is -0.494 e. The highest BCUT2D eigenvalue weighted by atomic mass is 19.1. The molecule has 1 heterocycles. The first-order valence-corrected chi connectivity index (χ1v) is 9.99. The van der Waals surface area contributed by atoms with Gasteiger partial charge >= 0.3 is 6.09 Å². The molecule has 6 heteroatoms. The van der Waals surface area contributed by atoms with Gasteiger partial charge in [0.1, 0.15) is 5.60 Å². The molecule has 0 spiro atoms. The zero-order valence-electron chi connectivity index (χ0n) is 18.3. The summed E-state index contributed by atoms with van der Waals surface area (Å²) in [7, 11) is 1.39. The van der Waals surface area contributed by atoms with Gasteiger partial charge in [-0.2, -0.15) is 0 Å². The molecule has 1 aromatic rings. The normalized spacial score (nSPS) is 16.4. The number of rotatable bonds is 6. The predicted molar refractivity (Wildman–Crippen MR) is 111 cm³/mol. The largest absolute Gasteiger partial charge is 0.494 e. The molecule has 0 radical (unpaired) electrons. The summed E-state index contributed by atoms with van der Waals surface area (Å²) in [6, 6.07) is 2.46. The van der Waals surface area contributed by atoms with Crippen LogP contribution in [-0.4, -0.2) is 36.0 Å². The first-order valence-electron chi connectivity index (χ1n) is 9.99. The summed E-state index contributed by atoms with van der Waals surface area (Å²) in [6.07, 6.45) is 0.663. The Balaban J connectivity index is 2.41. The number of fused-ring (bicyclic) bond motifs is 1. The van der Waals surface area contributed by atoms with Gasteiger partial charge in [-0.25, -0.2) is 9.18 Å². The summed E-state index contributed by atoms with van der Waals surface area (Å²) in [5.41, 5.74) is 1.36. The Morgan fingerprint density at radius 2 is 1.97 bits per heavy atom. The van der Waals surface area contributed by atoms with E-state index in [0.717, 1.165) is 5.56 Å². The number of halogens is 1. The van der Waals surface area contributed by atoms with E-state index in [1.807, 2.05) is 13.8 Å². The van der Waals surface area contributed by atoms with Crippen LogP contribution in [-0.2, 0) is 16.0 Å². The van der Waals surface area contributed by atoms with E-state index in [1.165, 1.54) is 13.2 Å². The van der Waals surface area contributed by atoms with Crippen LogP contribution in [0.5, 0.6) is 5.75 Å². The van der Waals surface area contributed by atoms with E-state index in [2.05, 4.69) is 6.58 Å². The Morgan fingerprint density at radius 1 is 1.31 bits per heavy atom. The second kappa shape index (κ2) is 8.97. The number of allylic oxidation sites excluding steroid dienone is 1. The van der Waals surface area contributed by atoms with Crippen LogP contribution >= 0.6 is 0 Å². The third-order valence-electron chi connectivity index (χ3n) is 4.83. The van der Waals surface area contributed by atoms with Crippen LogP contribution in [0.3, 0.4) is 0 Å². The highest BCUT2D eigenvalue weighted by Gasteiger charge is 2.36. The lowest BCUT2D eigenvalue weighted by atomic mass is 9.87. The fourth-order valence-electron chi connectivity index (χ4n) is 3.54. The number of nitrogens with zero attached hydrogens (tertiary/aromatic N) is 1. The molecule has 1 amide bonds. The molecular weight excluding hydrogens is 373 g/mol. The van der Waals surface area contributed by atoms with Crippen molar-refractivity contribution in [3.05, 3.63) is 41.2 Å². The number of benzene rings is 1. The van der Waals surface area contributed by atoms with E-state index in [9.17, 15) is 14.0 Å². The smallest absolute Gasteiger partial charge is 0.410 e. The molecule has 0 fully saturated rings. The Kier molecular flexibility index (Phi) is 7.09. The molecule has 5 nitrogen and oxygen atoms in total. The van der Waals surface area contributed by atoms with Crippen LogP contribution in [0.1, 0.15) is 64.6 Å². The number of hydrogen-bond acceptors (Lipinski definition) is 4. The Labute approximate surface area is 172 Å². The SMILES string of the molecule is C=C(CC(C)C)C(=O)CC1c2cc(OC)c(F)cc2CCN1C(=O)OC(C)(C)C. The van der Waals surface area contributed by atoms with Crippen molar-refractivity contribution in [2.24, 2.45) is 5.92 Å². The van der Waals surface area contributed by atoms with Crippen molar-refractivity contribution in [3.8, 4) is 5.75 Å². The van der Waals surface area contributed by atoms with Gasteiger partial charge in [0.05, 0.1) is 13.2 Å². The number of hydrogen-bond donors (Lipinski definition) is 0. The van der Waals surface area contributed by atoms with Gasteiger partial charge in [0.15, 0.2) is 17.3 Å². The number of Topliss-reactive ketones (excluding diaryl/α,β-unsaturated/α-hetero) is 1. The summed E-state index contributed by atoms with van der Waals surface area (Å²) < 4.78 is 24.9. The van der Waals surface area contributed by atoms with Gasteiger partial charge < -0.3 is 14.4 Å². The van der Waals surface area contributed by atoms with Crippen molar-refractivity contribution in [2.75, 3.05) is 13.7 Å². The van der Waals surface area contributed by atoms with Gasteiger partial charge in [0.2, 0.25) is 0 Å². The highest BCUT2D eigenvalue weighted by Crippen LogP contribution is 2.37. The maximum Gasteiger partial charge on any atom is 0.410 e. The van der Waals surface area contributed by atoms with E-state index in [-0.39, 0.29) is 18.0 Å². The molecule has 0 saturated heterocycles. The molecule has 160 valence electrons. The van der Waals surface area contributed by atoms with Gasteiger partial charge in [0, 0.05) is 13.0 Å². The second-order valence-electron chi connectivity index (χ2n) is 8.95. The van der Waals surface area contributed by atoms with E-state index < -0.39 is 23.6 Å². The molecule has 1 aliphatic rings. The third-order valence-corrected chi connectivity index (χ3v) is 4.83. The number of carbonyl (C=O) groups is 2. The first-order chi connectivity index (χ1) is 13.4. The lowest BCUT2D eigenvalue weighted by molar-refractivity contribution is -0.117. The van der Waals surface area contributed by atoms with Gasteiger partial charge in [-0.15, -0.1) is 0 Å².